The predicted octanol–water partition coefficient (Wildman–Crippen LogP) is 4.57. The van der Waals surface area contributed by atoms with Gasteiger partial charge in [-0.25, -0.2) is 5.43 Å². The molecular formula is C23H29N3O2. The smallest absolute Gasteiger partial charge is 0.275 e. The van der Waals surface area contributed by atoms with E-state index in [0.717, 1.165) is 18.5 Å². The van der Waals surface area contributed by atoms with Crippen LogP contribution in [0.15, 0.2) is 47.6 Å². The molecule has 2 aromatic carbocycles. The Bertz CT molecular complexity index is 889. The van der Waals surface area contributed by atoms with Crippen molar-refractivity contribution in [2.24, 2.45) is 5.10 Å². The largest absolute Gasteiger partial charge is 0.496 e. The molecule has 0 unspecified atom stereocenters. The Morgan fingerprint density at radius 1 is 1.32 bits per heavy atom. The number of rotatable bonds is 5. The number of amides is 1. The number of anilines is 1. The third-order valence-electron chi connectivity index (χ3n) is 5.46. The maximum atomic E-state index is 12.3. The van der Waals surface area contributed by atoms with E-state index in [1.165, 1.54) is 11.3 Å². The molecule has 5 heteroatoms. The molecule has 0 saturated carbocycles. The topological polar surface area (TPSA) is 53.9 Å². The average molecular weight is 380 g/mol. The molecule has 1 aliphatic rings. The Labute approximate surface area is 167 Å². The summed E-state index contributed by atoms with van der Waals surface area (Å²) < 4.78 is 5.23. The number of fused-ring (bicyclic) bond motifs is 1. The molecule has 0 spiro atoms. The monoisotopic (exact) mass is 379 g/mol. The molecule has 1 N–H and O–H groups in total. The first-order chi connectivity index (χ1) is 13.4. The van der Waals surface area contributed by atoms with Gasteiger partial charge in [0.15, 0.2) is 0 Å². The van der Waals surface area contributed by atoms with E-state index in [0.29, 0.717) is 17.2 Å². The summed E-state index contributed by atoms with van der Waals surface area (Å²) in [5.41, 5.74) is 6.80. The van der Waals surface area contributed by atoms with Crippen molar-refractivity contribution in [3.8, 4) is 5.75 Å². The van der Waals surface area contributed by atoms with Gasteiger partial charge in [0.05, 0.1) is 18.9 Å². The molecule has 2 aromatic rings. The van der Waals surface area contributed by atoms with Crippen LogP contribution in [0.3, 0.4) is 0 Å². The summed E-state index contributed by atoms with van der Waals surface area (Å²) in [6, 6.07) is 13.5. The van der Waals surface area contributed by atoms with Crippen LogP contribution in [0, 0.1) is 0 Å². The normalized spacial score (nSPS) is 18.0. The molecule has 0 aromatic heterocycles. The number of nitrogens with one attached hydrogen (secondary N) is 1. The molecule has 1 aliphatic heterocycles. The van der Waals surface area contributed by atoms with E-state index < -0.39 is 0 Å². The standard InChI is InChI=1S/C23H29N3O2/c1-6-26-20-12-11-17(13-19(20)16(2)14-23(26,3)4)15-24-25-22(27)18-9-7-8-10-21(18)28-5/h7-13,15-16H,6,14H2,1-5H3,(H,25,27)/b24-15-/t16-/m0/s1. The van der Waals surface area contributed by atoms with Gasteiger partial charge in [-0.2, -0.15) is 5.10 Å². The molecule has 0 bridgehead atoms. The number of ether oxygens (including phenoxy) is 1. The van der Waals surface area contributed by atoms with Crippen molar-refractivity contribution in [3.05, 3.63) is 59.2 Å². The number of para-hydroxylation sites is 1. The van der Waals surface area contributed by atoms with Crippen LogP contribution in [0.1, 0.15) is 61.5 Å². The Balaban J connectivity index is 1.77. The maximum Gasteiger partial charge on any atom is 0.275 e. The second kappa shape index (κ2) is 8.05. The first-order valence-corrected chi connectivity index (χ1v) is 9.75. The van der Waals surface area contributed by atoms with Crippen molar-refractivity contribution in [1.82, 2.24) is 5.43 Å². The quantitative estimate of drug-likeness (QED) is 0.611. The Kier molecular flexibility index (Phi) is 5.73. The van der Waals surface area contributed by atoms with Gasteiger partial charge in [-0.3, -0.25) is 4.79 Å². The number of hydrogen-bond donors (Lipinski definition) is 1. The number of benzene rings is 2. The van der Waals surface area contributed by atoms with E-state index in [2.05, 4.69) is 55.3 Å². The van der Waals surface area contributed by atoms with Crippen LogP contribution in [0.25, 0.3) is 0 Å². The molecule has 5 nitrogen and oxygen atoms in total. The van der Waals surface area contributed by atoms with E-state index in [9.17, 15) is 4.79 Å². The molecule has 1 amide bonds. The molecule has 3 rings (SSSR count). The summed E-state index contributed by atoms with van der Waals surface area (Å²) >= 11 is 0. The van der Waals surface area contributed by atoms with Gasteiger partial charge in [-0.1, -0.05) is 25.1 Å². The van der Waals surface area contributed by atoms with Gasteiger partial charge in [0.25, 0.3) is 5.91 Å². The lowest BCUT2D eigenvalue weighted by molar-refractivity contribution is 0.0952. The zero-order valence-corrected chi connectivity index (χ0v) is 17.3. The van der Waals surface area contributed by atoms with Crippen molar-refractivity contribution in [3.63, 3.8) is 0 Å². The number of carbonyl (C=O) groups excluding carboxylic acids is 1. The number of hydrazone groups is 1. The third kappa shape index (κ3) is 3.88. The minimum atomic E-state index is -0.293. The maximum absolute atomic E-state index is 12.3. The van der Waals surface area contributed by atoms with Gasteiger partial charge >= 0.3 is 0 Å². The summed E-state index contributed by atoms with van der Waals surface area (Å²) in [6.45, 7) is 10.1. The van der Waals surface area contributed by atoms with Crippen molar-refractivity contribution >= 4 is 17.8 Å². The van der Waals surface area contributed by atoms with Crippen LogP contribution in [0.2, 0.25) is 0 Å². The highest BCUT2D eigenvalue weighted by atomic mass is 16.5. The van der Waals surface area contributed by atoms with Crippen molar-refractivity contribution < 1.29 is 9.53 Å². The number of nitrogens with zero attached hydrogens (tertiary/aromatic N) is 2. The second-order valence-corrected chi connectivity index (χ2v) is 7.88. The molecule has 28 heavy (non-hydrogen) atoms. The van der Waals surface area contributed by atoms with Crippen LogP contribution in [0.4, 0.5) is 5.69 Å². The first kappa shape index (κ1) is 19.9. The second-order valence-electron chi connectivity index (χ2n) is 7.88. The minimum Gasteiger partial charge on any atom is -0.496 e. The Morgan fingerprint density at radius 2 is 2.07 bits per heavy atom. The van der Waals surface area contributed by atoms with E-state index in [1.807, 2.05) is 12.1 Å². The third-order valence-corrected chi connectivity index (χ3v) is 5.46. The zero-order chi connectivity index (χ0) is 20.3. The highest BCUT2D eigenvalue weighted by Crippen LogP contribution is 2.43. The molecule has 1 atom stereocenters. The lowest BCUT2D eigenvalue weighted by Crippen LogP contribution is -2.48. The zero-order valence-electron chi connectivity index (χ0n) is 17.3. The Morgan fingerprint density at radius 3 is 2.79 bits per heavy atom. The molecule has 148 valence electrons. The molecule has 0 saturated heterocycles. The molecule has 0 aliphatic carbocycles. The van der Waals surface area contributed by atoms with E-state index in [-0.39, 0.29) is 11.4 Å². The van der Waals surface area contributed by atoms with Crippen molar-refractivity contribution in [2.45, 2.75) is 45.6 Å². The predicted molar refractivity (Wildman–Crippen MR) is 115 cm³/mol. The number of methoxy groups -OCH3 is 1. The van der Waals surface area contributed by atoms with Crippen LogP contribution in [0.5, 0.6) is 5.75 Å². The minimum absolute atomic E-state index is 0.152. The summed E-state index contributed by atoms with van der Waals surface area (Å²) in [6.07, 6.45) is 2.80. The van der Waals surface area contributed by atoms with E-state index in [1.54, 1.807) is 31.5 Å². The fourth-order valence-electron chi connectivity index (χ4n) is 4.25. The van der Waals surface area contributed by atoms with Gasteiger partial charge in [0, 0.05) is 17.8 Å². The lowest BCUT2D eigenvalue weighted by atomic mass is 9.79. The fourth-order valence-corrected chi connectivity index (χ4v) is 4.25. The van der Waals surface area contributed by atoms with Crippen LogP contribution < -0.4 is 15.1 Å². The molecule has 0 fully saturated rings. The number of hydrogen-bond acceptors (Lipinski definition) is 4. The fraction of sp³-hybridized carbons (Fsp3) is 0.391. The Hall–Kier alpha value is -2.82. The SMILES string of the molecule is CCN1c2ccc(/C=N\NC(=O)c3ccccc3OC)cc2[C@@H](C)CC1(C)C. The van der Waals surface area contributed by atoms with Gasteiger partial charge in [-0.15, -0.1) is 0 Å². The van der Waals surface area contributed by atoms with Crippen LogP contribution in [-0.2, 0) is 0 Å². The molecule has 0 radical (unpaired) electrons. The summed E-state index contributed by atoms with van der Waals surface area (Å²) in [5.74, 6) is 0.711. The van der Waals surface area contributed by atoms with Gasteiger partial charge in [-0.05, 0) is 68.5 Å². The molecular weight excluding hydrogens is 350 g/mol. The number of carbonyl (C=O) groups is 1. The summed E-state index contributed by atoms with van der Waals surface area (Å²) in [5, 5.41) is 4.14. The van der Waals surface area contributed by atoms with Gasteiger partial charge < -0.3 is 9.64 Å². The molecule has 1 heterocycles. The van der Waals surface area contributed by atoms with Gasteiger partial charge in [0.2, 0.25) is 0 Å². The average Bonchev–Trinajstić information content (AvgIpc) is 2.67. The van der Waals surface area contributed by atoms with E-state index >= 15 is 0 Å². The highest BCUT2D eigenvalue weighted by Gasteiger charge is 2.35. The van der Waals surface area contributed by atoms with Crippen LogP contribution in [-0.4, -0.2) is 31.3 Å². The first-order valence-electron chi connectivity index (χ1n) is 9.75. The van der Waals surface area contributed by atoms with E-state index in [4.69, 9.17) is 4.74 Å². The lowest BCUT2D eigenvalue weighted by Gasteiger charge is -2.47. The summed E-state index contributed by atoms with van der Waals surface area (Å²) in [7, 11) is 1.55. The summed E-state index contributed by atoms with van der Waals surface area (Å²) in [4.78, 5) is 14.8. The van der Waals surface area contributed by atoms with Crippen molar-refractivity contribution in [1.29, 1.82) is 0 Å². The van der Waals surface area contributed by atoms with Crippen LogP contribution >= 0.6 is 0 Å². The van der Waals surface area contributed by atoms with Gasteiger partial charge in [0.1, 0.15) is 5.75 Å². The highest BCUT2D eigenvalue weighted by molar-refractivity contribution is 5.97. The van der Waals surface area contributed by atoms with Crippen molar-refractivity contribution in [2.75, 3.05) is 18.6 Å².